The van der Waals surface area contributed by atoms with Crippen LogP contribution in [0.5, 0.6) is 5.75 Å². The zero-order chi connectivity index (χ0) is 12.8. The Bertz CT molecular complexity index is 496. The summed E-state index contributed by atoms with van der Waals surface area (Å²) >= 11 is 2.17. The van der Waals surface area contributed by atoms with E-state index in [0.29, 0.717) is 0 Å². The van der Waals surface area contributed by atoms with Gasteiger partial charge < -0.3 is 14.5 Å². The molecule has 2 aromatic rings. The second-order valence-corrected chi connectivity index (χ2v) is 5.05. The van der Waals surface area contributed by atoms with Gasteiger partial charge in [0, 0.05) is 0 Å². The molecule has 0 radical (unpaired) electrons. The predicted octanol–water partition coefficient (Wildman–Crippen LogP) is 3.23. The van der Waals surface area contributed by atoms with Crippen molar-refractivity contribution in [1.29, 1.82) is 0 Å². The third kappa shape index (κ3) is 4.03. The van der Waals surface area contributed by atoms with E-state index in [9.17, 15) is 0 Å². The Balaban J connectivity index is 1.74. The van der Waals surface area contributed by atoms with E-state index in [1.807, 2.05) is 24.3 Å². The fourth-order valence-corrected chi connectivity index (χ4v) is 2.18. The molecule has 1 heterocycles. The lowest BCUT2D eigenvalue weighted by Crippen LogP contribution is -2.16. The van der Waals surface area contributed by atoms with Crippen molar-refractivity contribution in [1.82, 2.24) is 5.32 Å². The van der Waals surface area contributed by atoms with Gasteiger partial charge in [0.15, 0.2) is 3.77 Å². The molecule has 4 heteroatoms. The van der Waals surface area contributed by atoms with Gasteiger partial charge in [-0.15, -0.1) is 0 Å². The van der Waals surface area contributed by atoms with Crippen molar-refractivity contribution in [3.63, 3.8) is 0 Å². The van der Waals surface area contributed by atoms with Gasteiger partial charge in [0.2, 0.25) is 0 Å². The zero-order valence-electron chi connectivity index (χ0n) is 10.3. The Morgan fingerprint density at radius 2 is 2.17 bits per heavy atom. The summed E-state index contributed by atoms with van der Waals surface area (Å²) in [6, 6.07) is 12.1. The molecule has 0 spiro atoms. The van der Waals surface area contributed by atoms with Gasteiger partial charge in [0.1, 0.15) is 11.5 Å². The zero-order valence-corrected chi connectivity index (χ0v) is 12.4. The van der Waals surface area contributed by atoms with E-state index in [4.69, 9.17) is 9.15 Å². The maximum absolute atomic E-state index is 5.48. The van der Waals surface area contributed by atoms with E-state index in [0.717, 1.165) is 34.8 Å². The molecule has 0 unspecified atom stereocenters. The molecule has 0 aliphatic heterocycles. The van der Waals surface area contributed by atoms with E-state index >= 15 is 0 Å². The highest BCUT2D eigenvalue weighted by atomic mass is 127. The van der Waals surface area contributed by atoms with Crippen LogP contribution in [0.2, 0.25) is 0 Å². The molecule has 1 N–H and O–H groups in total. The van der Waals surface area contributed by atoms with Crippen LogP contribution in [0.1, 0.15) is 11.3 Å². The van der Waals surface area contributed by atoms with Gasteiger partial charge in [-0.3, -0.25) is 0 Å². The molecule has 1 aromatic heterocycles. The molecule has 96 valence electrons. The summed E-state index contributed by atoms with van der Waals surface area (Å²) in [7, 11) is 1.69. The van der Waals surface area contributed by atoms with Gasteiger partial charge in [-0.1, -0.05) is 12.1 Å². The van der Waals surface area contributed by atoms with E-state index in [1.54, 1.807) is 7.11 Å². The average Bonchev–Trinajstić information content (AvgIpc) is 2.81. The Hall–Kier alpha value is -1.01. The van der Waals surface area contributed by atoms with E-state index in [-0.39, 0.29) is 0 Å². The first-order valence-corrected chi connectivity index (χ1v) is 6.93. The van der Waals surface area contributed by atoms with Crippen molar-refractivity contribution in [2.45, 2.75) is 13.0 Å². The first-order valence-electron chi connectivity index (χ1n) is 5.86. The molecule has 2 rings (SSSR count). The van der Waals surface area contributed by atoms with Crippen LogP contribution >= 0.6 is 22.6 Å². The molecular weight excluding hydrogens is 341 g/mol. The number of hydrogen-bond donors (Lipinski definition) is 1. The summed E-state index contributed by atoms with van der Waals surface area (Å²) < 4.78 is 11.6. The molecule has 18 heavy (non-hydrogen) atoms. The Morgan fingerprint density at radius 3 is 2.89 bits per heavy atom. The Labute approximate surface area is 121 Å². The number of furan rings is 1. The van der Waals surface area contributed by atoms with Gasteiger partial charge in [-0.05, 0) is 65.4 Å². The van der Waals surface area contributed by atoms with Crippen molar-refractivity contribution < 1.29 is 9.15 Å². The third-order valence-electron chi connectivity index (χ3n) is 2.65. The van der Waals surface area contributed by atoms with Crippen LogP contribution in [-0.4, -0.2) is 13.7 Å². The van der Waals surface area contributed by atoms with E-state index < -0.39 is 0 Å². The normalized spacial score (nSPS) is 10.6. The van der Waals surface area contributed by atoms with Gasteiger partial charge in [0.25, 0.3) is 0 Å². The molecule has 0 atom stereocenters. The number of ether oxygens (including phenoxy) is 1. The lowest BCUT2D eigenvalue weighted by Gasteiger charge is -2.05. The Kier molecular flexibility index (Phi) is 5.07. The van der Waals surface area contributed by atoms with Crippen LogP contribution in [0.15, 0.2) is 40.8 Å². The standard InChI is InChI=1S/C14H16INO2/c1-17-12-4-2-3-11(9-12)7-8-16-10-13-5-6-14(15)18-13/h2-6,9,16H,7-8,10H2,1H3. The van der Waals surface area contributed by atoms with Gasteiger partial charge >= 0.3 is 0 Å². The molecular formula is C14H16INO2. The largest absolute Gasteiger partial charge is 0.497 e. The molecule has 3 nitrogen and oxygen atoms in total. The van der Waals surface area contributed by atoms with Crippen LogP contribution in [0, 0.1) is 3.77 Å². The molecule has 0 saturated carbocycles. The monoisotopic (exact) mass is 357 g/mol. The number of methoxy groups -OCH3 is 1. The summed E-state index contributed by atoms with van der Waals surface area (Å²) in [5.41, 5.74) is 1.27. The maximum Gasteiger partial charge on any atom is 0.164 e. The highest BCUT2D eigenvalue weighted by Gasteiger charge is 1.99. The van der Waals surface area contributed by atoms with Crippen molar-refractivity contribution in [3.05, 3.63) is 51.5 Å². The summed E-state index contributed by atoms with van der Waals surface area (Å²) in [6.07, 6.45) is 0.981. The lowest BCUT2D eigenvalue weighted by molar-refractivity contribution is 0.414. The summed E-state index contributed by atoms with van der Waals surface area (Å²) in [5, 5.41) is 3.36. The number of hydrogen-bond acceptors (Lipinski definition) is 3. The summed E-state index contributed by atoms with van der Waals surface area (Å²) in [5.74, 6) is 1.89. The van der Waals surface area contributed by atoms with Crippen LogP contribution in [0.25, 0.3) is 0 Å². The minimum absolute atomic E-state index is 0.771. The highest BCUT2D eigenvalue weighted by Crippen LogP contribution is 2.13. The van der Waals surface area contributed by atoms with Crippen molar-refractivity contribution in [3.8, 4) is 5.75 Å². The maximum atomic E-state index is 5.48. The van der Waals surface area contributed by atoms with Crippen molar-refractivity contribution >= 4 is 22.6 Å². The van der Waals surface area contributed by atoms with E-state index in [1.165, 1.54) is 5.56 Å². The molecule has 0 amide bonds. The van der Waals surface area contributed by atoms with Crippen LogP contribution in [0.3, 0.4) is 0 Å². The second-order valence-electron chi connectivity index (χ2n) is 3.98. The summed E-state index contributed by atoms with van der Waals surface area (Å²) in [4.78, 5) is 0. The number of halogens is 1. The van der Waals surface area contributed by atoms with Crippen LogP contribution in [0.4, 0.5) is 0 Å². The van der Waals surface area contributed by atoms with Crippen molar-refractivity contribution in [2.24, 2.45) is 0 Å². The minimum Gasteiger partial charge on any atom is -0.497 e. The quantitative estimate of drug-likeness (QED) is 0.637. The van der Waals surface area contributed by atoms with Gasteiger partial charge in [-0.2, -0.15) is 0 Å². The fraction of sp³-hybridized carbons (Fsp3) is 0.286. The number of benzene rings is 1. The Morgan fingerprint density at radius 1 is 1.28 bits per heavy atom. The lowest BCUT2D eigenvalue weighted by atomic mass is 10.1. The smallest absolute Gasteiger partial charge is 0.164 e. The molecule has 0 fully saturated rings. The highest BCUT2D eigenvalue weighted by molar-refractivity contribution is 14.1. The topological polar surface area (TPSA) is 34.4 Å². The van der Waals surface area contributed by atoms with Crippen LogP contribution in [-0.2, 0) is 13.0 Å². The van der Waals surface area contributed by atoms with Gasteiger partial charge in [0.05, 0.1) is 13.7 Å². The second kappa shape index (κ2) is 6.80. The first kappa shape index (κ1) is 13.4. The number of nitrogens with one attached hydrogen (secondary N) is 1. The van der Waals surface area contributed by atoms with E-state index in [2.05, 4.69) is 40.0 Å². The third-order valence-corrected chi connectivity index (χ3v) is 3.23. The van der Waals surface area contributed by atoms with Crippen LogP contribution < -0.4 is 10.1 Å². The first-order chi connectivity index (χ1) is 8.78. The molecule has 0 bridgehead atoms. The predicted molar refractivity (Wildman–Crippen MR) is 79.8 cm³/mol. The SMILES string of the molecule is COc1cccc(CCNCc2ccc(I)o2)c1. The fourth-order valence-electron chi connectivity index (χ4n) is 1.72. The van der Waals surface area contributed by atoms with Crippen molar-refractivity contribution in [2.75, 3.05) is 13.7 Å². The molecule has 0 saturated heterocycles. The average molecular weight is 357 g/mol. The summed E-state index contributed by atoms with van der Waals surface area (Å²) in [6.45, 7) is 1.69. The molecule has 0 aliphatic carbocycles. The minimum atomic E-state index is 0.771. The number of rotatable bonds is 6. The molecule has 0 aliphatic rings. The van der Waals surface area contributed by atoms with Gasteiger partial charge in [-0.25, -0.2) is 0 Å². The molecule has 1 aromatic carbocycles.